The zero-order valence-corrected chi connectivity index (χ0v) is 13.9. The summed E-state index contributed by atoms with van der Waals surface area (Å²) in [4.78, 5) is 33.0. The third-order valence-corrected chi connectivity index (χ3v) is 4.73. The number of imidazole rings is 1. The molecule has 3 heterocycles. The second kappa shape index (κ2) is 6.16. The first-order chi connectivity index (χ1) is 12.1. The number of carbonyl (C=O) groups excluding carboxylic acids is 1. The van der Waals surface area contributed by atoms with Crippen LogP contribution in [0, 0.1) is 6.92 Å². The van der Waals surface area contributed by atoms with Gasteiger partial charge in [0.05, 0.1) is 24.6 Å². The van der Waals surface area contributed by atoms with E-state index in [2.05, 4.69) is 15.3 Å². The van der Waals surface area contributed by atoms with Gasteiger partial charge in [0.15, 0.2) is 5.65 Å². The van der Waals surface area contributed by atoms with Crippen molar-refractivity contribution in [3.05, 3.63) is 63.9 Å². The molecule has 0 spiro atoms. The van der Waals surface area contributed by atoms with E-state index in [1.54, 1.807) is 31.7 Å². The van der Waals surface area contributed by atoms with Crippen LogP contribution in [0.25, 0.3) is 5.65 Å². The molecule has 1 N–H and O–H groups in total. The molecule has 4 rings (SSSR count). The summed E-state index contributed by atoms with van der Waals surface area (Å²) in [5, 5.41) is 2.77. The largest absolute Gasteiger partial charge is 0.427 e. The summed E-state index contributed by atoms with van der Waals surface area (Å²) in [6.07, 6.45) is 9.98. The van der Waals surface area contributed by atoms with Gasteiger partial charge in [0.1, 0.15) is 11.3 Å². The van der Waals surface area contributed by atoms with Crippen molar-refractivity contribution in [2.24, 2.45) is 0 Å². The maximum atomic E-state index is 12.5. The number of amides is 1. The van der Waals surface area contributed by atoms with E-state index in [-0.39, 0.29) is 12.1 Å². The molecule has 0 aliphatic heterocycles. The third-order valence-electron chi connectivity index (χ3n) is 4.73. The fourth-order valence-electron chi connectivity index (χ4n) is 3.08. The van der Waals surface area contributed by atoms with Crippen molar-refractivity contribution < 1.29 is 9.21 Å². The van der Waals surface area contributed by atoms with Gasteiger partial charge in [-0.1, -0.05) is 6.42 Å². The summed E-state index contributed by atoms with van der Waals surface area (Å²) in [5.74, 6) is 0.574. The lowest BCUT2D eigenvalue weighted by molar-refractivity contribution is 0.0945. The Bertz CT molecular complexity index is 1000. The Morgan fingerprint density at radius 3 is 2.96 bits per heavy atom. The second-order valence-corrected chi connectivity index (χ2v) is 6.36. The minimum absolute atomic E-state index is 0.0681. The first kappa shape index (κ1) is 15.6. The van der Waals surface area contributed by atoms with Gasteiger partial charge in [-0.05, 0) is 31.4 Å². The van der Waals surface area contributed by atoms with Crippen molar-refractivity contribution in [2.45, 2.75) is 38.6 Å². The molecule has 1 saturated carbocycles. The molecule has 128 valence electrons. The molecule has 3 aromatic rings. The molecule has 0 aromatic carbocycles. The number of rotatable bonds is 4. The van der Waals surface area contributed by atoms with E-state index in [4.69, 9.17) is 4.42 Å². The molecule has 0 saturated heterocycles. The lowest BCUT2D eigenvalue weighted by Gasteiger charge is -2.24. The van der Waals surface area contributed by atoms with E-state index in [0.717, 1.165) is 25.0 Å². The minimum Gasteiger partial charge on any atom is -0.427 e. The number of hydrogen-bond acceptors (Lipinski definition) is 5. The van der Waals surface area contributed by atoms with Crippen LogP contribution in [0.15, 0.2) is 40.1 Å². The van der Waals surface area contributed by atoms with Gasteiger partial charge in [-0.2, -0.15) is 0 Å². The standard InChI is InChI=1S/C18H18N4O3/c1-11-7-14(12-3-2-4-12)25-18(24)16(11)17(23)21-9-13-8-20-15-10-19-5-6-22(13)15/h5-8,10,12H,2-4,9H2,1H3,(H,21,23). The van der Waals surface area contributed by atoms with Gasteiger partial charge in [-0.3, -0.25) is 14.2 Å². The van der Waals surface area contributed by atoms with E-state index in [1.807, 2.05) is 10.5 Å². The number of aromatic nitrogens is 3. The van der Waals surface area contributed by atoms with Crippen molar-refractivity contribution in [3.8, 4) is 0 Å². The highest BCUT2D eigenvalue weighted by molar-refractivity contribution is 5.95. The van der Waals surface area contributed by atoms with E-state index in [1.165, 1.54) is 0 Å². The van der Waals surface area contributed by atoms with Crippen LogP contribution in [0.2, 0.25) is 0 Å². The highest BCUT2D eigenvalue weighted by atomic mass is 16.4. The summed E-state index contributed by atoms with van der Waals surface area (Å²) in [6.45, 7) is 2.03. The normalized spacial score (nSPS) is 14.4. The maximum Gasteiger partial charge on any atom is 0.349 e. The Kier molecular flexibility index (Phi) is 3.83. The van der Waals surface area contributed by atoms with Crippen LogP contribution in [0.1, 0.15) is 52.6 Å². The van der Waals surface area contributed by atoms with Gasteiger partial charge in [0.25, 0.3) is 5.91 Å². The zero-order valence-electron chi connectivity index (χ0n) is 13.9. The highest BCUT2D eigenvalue weighted by Gasteiger charge is 2.25. The molecule has 1 aliphatic carbocycles. The van der Waals surface area contributed by atoms with Crippen LogP contribution in [-0.4, -0.2) is 20.3 Å². The summed E-state index contributed by atoms with van der Waals surface area (Å²) >= 11 is 0. The molecular formula is C18H18N4O3. The van der Waals surface area contributed by atoms with Crippen LogP contribution in [0.5, 0.6) is 0 Å². The quantitative estimate of drug-likeness (QED) is 0.787. The number of hydrogen-bond donors (Lipinski definition) is 1. The van der Waals surface area contributed by atoms with Gasteiger partial charge >= 0.3 is 5.63 Å². The van der Waals surface area contributed by atoms with Gasteiger partial charge in [0, 0.05) is 18.3 Å². The fraction of sp³-hybridized carbons (Fsp3) is 0.333. The van der Waals surface area contributed by atoms with Crippen LogP contribution in [0.4, 0.5) is 0 Å². The van der Waals surface area contributed by atoms with E-state index in [9.17, 15) is 9.59 Å². The average molecular weight is 338 g/mol. The molecule has 7 heteroatoms. The average Bonchev–Trinajstić information content (AvgIpc) is 2.94. The molecular weight excluding hydrogens is 320 g/mol. The smallest absolute Gasteiger partial charge is 0.349 e. The van der Waals surface area contributed by atoms with Gasteiger partial charge < -0.3 is 9.73 Å². The highest BCUT2D eigenvalue weighted by Crippen LogP contribution is 2.36. The number of nitrogens with zero attached hydrogens (tertiary/aromatic N) is 3. The Labute approximate surface area is 143 Å². The molecule has 0 atom stereocenters. The Balaban J connectivity index is 1.54. The van der Waals surface area contributed by atoms with E-state index < -0.39 is 11.5 Å². The fourth-order valence-corrected chi connectivity index (χ4v) is 3.08. The predicted molar refractivity (Wildman–Crippen MR) is 90.5 cm³/mol. The summed E-state index contributed by atoms with van der Waals surface area (Å²) < 4.78 is 7.21. The first-order valence-electron chi connectivity index (χ1n) is 8.32. The lowest BCUT2D eigenvalue weighted by atomic mass is 9.83. The molecule has 0 unspecified atom stereocenters. The minimum atomic E-state index is -0.568. The van der Waals surface area contributed by atoms with Crippen LogP contribution < -0.4 is 10.9 Å². The Hall–Kier alpha value is -2.96. The molecule has 25 heavy (non-hydrogen) atoms. The zero-order chi connectivity index (χ0) is 17.4. The number of aryl methyl sites for hydroxylation is 1. The maximum absolute atomic E-state index is 12.5. The molecule has 7 nitrogen and oxygen atoms in total. The molecule has 1 amide bonds. The number of carbonyl (C=O) groups is 1. The van der Waals surface area contributed by atoms with Crippen molar-refractivity contribution in [1.29, 1.82) is 0 Å². The van der Waals surface area contributed by atoms with Gasteiger partial charge in [0.2, 0.25) is 0 Å². The van der Waals surface area contributed by atoms with Crippen molar-refractivity contribution >= 4 is 11.6 Å². The second-order valence-electron chi connectivity index (χ2n) is 6.36. The van der Waals surface area contributed by atoms with Crippen molar-refractivity contribution in [2.75, 3.05) is 0 Å². The molecule has 1 fully saturated rings. The summed E-state index contributed by atoms with van der Waals surface area (Å²) in [7, 11) is 0. The molecule has 1 aliphatic rings. The Morgan fingerprint density at radius 1 is 1.40 bits per heavy atom. The summed E-state index contributed by atoms with van der Waals surface area (Å²) in [5.41, 5.74) is 1.66. The SMILES string of the molecule is Cc1cc(C2CCC2)oc(=O)c1C(=O)NCc1cnc2cnccn12. The van der Waals surface area contributed by atoms with Crippen LogP contribution >= 0.6 is 0 Å². The van der Waals surface area contributed by atoms with Crippen LogP contribution in [0.3, 0.4) is 0 Å². The molecule has 3 aromatic heterocycles. The predicted octanol–water partition coefficient (Wildman–Crippen LogP) is 2.19. The van der Waals surface area contributed by atoms with Crippen LogP contribution in [-0.2, 0) is 6.54 Å². The van der Waals surface area contributed by atoms with E-state index in [0.29, 0.717) is 22.9 Å². The van der Waals surface area contributed by atoms with Crippen molar-refractivity contribution in [1.82, 2.24) is 19.7 Å². The molecule has 0 bridgehead atoms. The topological polar surface area (TPSA) is 89.5 Å². The van der Waals surface area contributed by atoms with Crippen molar-refractivity contribution in [3.63, 3.8) is 0 Å². The molecule has 0 radical (unpaired) electrons. The first-order valence-corrected chi connectivity index (χ1v) is 8.32. The third kappa shape index (κ3) is 2.82. The van der Waals surface area contributed by atoms with E-state index >= 15 is 0 Å². The summed E-state index contributed by atoms with van der Waals surface area (Å²) in [6, 6.07) is 1.82. The lowest BCUT2D eigenvalue weighted by Crippen LogP contribution is -2.30. The number of nitrogens with one attached hydrogen (secondary N) is 1. The Morgan fingerprint density at radius 2 is 2.24 bits per heavy atom. The van der Waals surface area contributed by atoms with Gasteiger partial charge in [-0.25, -0.2) is 9.78 Å². The number of fused-ring (bicyclic) bond motifs is 1. The monoisotopic (exact) mass is 338 g/mol. The van der Waals surface area contributed by atoms with Gasteiger partial charge in [-0.15, -0.1) is 0 Å².